The Morgan fingerprint density at radius 2 is 2.06 bits per heavy atom. The minimum absolute atomic E-state index is 0.550. The predicted octanol–water partition coefficient (Wildman–Crippen LogP) is 4.57. The zero-order chi connectivity index (χ0) is 13.5. The topological polar surface area (TPSA) is 21.3 Å². The molecule has 0 heterocycles. The van der Waals surface area contributed by atoms with Gasteiger partial charge in [0, 0.05) is 10.5 Å². The molecule has 0 amide bonds. The average molecular weight is 335 g/mol. The van der Waals surface area contributed by atoms with Gasteiger partial charge in [0.2, 0.25) is 0 Å². The summed E-state index contributed by atoms with van der Waals surface area (Å²) in [5, 5.41) is 4.06. The van der Waals surface area contributed by atoms with E-state index in [2.05, 4.69) is 35.1 Å². The lowest BCUT2D eigenvalue weighted by Crippen LogP contribution is -2.23. The van der Waals surface area contributed by atoms with Gasteiger partial charge in [-0.2, -0.15) is 0 Å². The van der Waals surface area contributed by atoms with Gasteiger partial charge in [-0.1, -0.05) is 41.4 Å². The number of benzene rings is 1. The number of hydrogen-bond acceptors (Lipinski definition) is 2. The monoisotopic (exact) mass is 333 g/mol. The van der Waals surface area contributed by atoms with Crippen LogP contribution in [0.3, 0.4) is 0 Å². The van der Waals surface area contributed by atoms with Crippen molar-refractivity contribution in [1.29, 1.82) is 0 Å². The Kier molecular flexibility index (Phi) is 7.05. The van der Waals surface area contributed by atoms with Crippen LogP contribution < -0.4 is 10.1 Å². The maximum atomic E-state index is 6.15. The van der Waals surface area contributed by atoms with E-state index < -0.39 is 0 Å². The summed E-state index contributed by atoms with van der Waals surface area (Å²) in [5.74, 6) is 0.802. The Morgan fingerprint density at radius 1 is 1.33 bits per heavy atom. The lowest BCUT2D eigenvalue weighted by atomic mass is 10.2. The van der Waals surface area contributed by atoms with Gasteiger partial charge >= 0.3 is 0 Å². The van der Waals surface area contributed by atoms with Gasteiger partial charge in [0.1, 0.15) is 5.75 Å². The minimum Gasteiger partial charge on any atom is -0.492 e. The largest absolute Gasteiger partial charge is 0.492 e. The molecule has 0 bridgehead atoms. The van der Waals surface area contributed by atoms with Crippen LogP contribution in [-0.2, 0) is 0 Å². The number of hydrogen-bond donors (Lipinski definition) is 1. The fraction of sp³-hybridized carbons (Fsp3) is 0.571. The summed E-state index contributed by atoms with van der Waals surface area (Å²) in [4.78, 5) is 0. The lowest BCUT2D eigenvalue weighted by Gasteiger charge is -2.12. The van der Waals surface area contributed by atoms with E-state index in [0.717, 1.165) is 35.2 Å². The smallest absolute Gasteiger partial charge is 0.140 e. The molecule has 1 aromatic carbocycles. The van der Waals surface area contributed by atoms with Crippen LogP contribution in [-0.4, -0.2) is 19.2 Å². The fourth-order valence-corrected chi connectivity index (χ4v) is 2.69. The van der Waals surface area contributed by atoms with Crippen LogP contribution in [0.4, 0.5) is 0 Å². The van der Waals surface area contributed by atoms with Crippen molar-refractivity contribution in [3.63, 3.8) is 0 Å². The highest BCUT2D eigenvalue weighted by molar-refractivity contribution is 9.10. The lowest BCUT2D eigenvalue weighted by molar-refractivity contribution is 0.303. The van der Waals surface area contributed by atoms with Crippen molar-refractivity contribution in [1.82, 2.24) is 5.32 Å². The third-order valence-electron chi connectivity index (χ3n) is 2.56. The van der Waals surface area contributed by atoms with Crippen molar-refractivity contribution in [3.05, 3.63) is 27.2 Å². The third kappa shape index (κ3) is 5.59. The third-order valence-corrected chi connectivity index (χ3v) is 3.30. The van der Waals surface area contributed by atoms with Crippen LogP contribution in [0.25, 0.3) is 0 Å². The van der Waals surface area contributed by atoms with Crippen LogP contribution in [0.15, 0.2) is 16.6 Å². The van der Waals surface area contributed by atoms with Crippen LogP contribution >= 0.6 is 27.5 Å². The Morgan fingerprint density at radius 3 is 2.67 bits per heavy atom. The molecule has 18 heavy (non-hydrogen) atoms. The molecule has 1 N–H and O–H groups in total. The van der Waals surface area contributed by atoms with Crippen LogP contribution in [0.2, 0.25) is 5.02 Å². The molecular weight excluding hydrogens is 314 g/mol. The number of ether oxygens (including phenoxy) is 1. The van der Waals surface area contributed by atoms with Gasteiger partial charge in [-0.25, -0.2) is 0 Å². The van der Waals surface area contributed by atoms with Crippen LogP contribution in [0, 0.1) is 6.92 Å². The number of nitrogens with one attached hydrogen (secondary N) is 1. The van der Waals surface area contributed by atoms with Crippen LogP contribution in [0.5, 0.6) is 5.75 Å². The molecule has 0 aliphatic carbocycles. The van der Waals surface area contributed by atoms with Gasteiger partial charge in [-0.15, -0.1) is 0 Å². The first-order valence-corrected chi connectivity index (χ1v) is 7.49. The van der Waals surface area contributed by atoms with Crippen molar-refractivity contribution < 1.29 is 4.74 Å². The number of halogens is 2. The molecular formula is C14H21BrClNO. The van der Waals surface area contributed by atoms with Gasteiger partial charge < -0.3 is 10.1 Å². The molecule has 0 unspecified atom stereocenters. The van der Waals surface area contributed by atoms with Gasteiger partial charge in [0.05, 0.1) is 11.6 Å². The van der Waals surface area contributed by atoms with Crippen molar-refractivity contribution in [2.24, 2.45) is 0 Å². The number of rotatable bonds is 7. The van der Waals surface area contributed by atoms with Crippen molar-refractivity contribution in [3.8, 4) is 5.75 Å². The molecule has 0 aliphatic rings. The Hall–Kier alpha value is -0.250. The maximum absolute atomic E-state index is 6.15. The second kappa shape index (κ2) is 8.03. The number of unbranched alkanes of at least 4 members (excludes halogenated alkanes) is 1. The molecule has 0 saturated carbocycles. The zero-order valence-electron chi connectivity index (χ0n) is 11.2. The second-order valence-electron chi connectivity index (χ2n) is 4.70. The van der Waals surface area contributed by atoms with Crippen molar-refractivity contribution in [2.45, 2.75) is 39.7 Å². The molecule has 102 valence electrons. The SMILES string of the molecule is Cc1cc(Br)cc(Cl)c1OCCCCNC(C)C. The Balaban J connectivity index is 2.31. The van der Waals surface area contributed by atoms with Gasteiger partial charge in [0.25, 0.3) is 0 Å². The average Bonchev–Trinajstić information content (AvgIpc) is 2.25. The molecule has 1 rings (SSSR count). The van der Waals surface area contributed by atoms with E-state index >= 15 is 0 Å². The first-order chi connectivity index (χ1) is 8.50. The van der Waals surface area contributed by atoms with E-state index in [4.69, 9.17) is 16.3 Å². The van der Waals surface area contributed by atoms with E-state index in [-0.39, 0.29) is 0 Å². The molecule has 0 fully saturated rings. The number of aryl methyl sites for hydroxylation is 1. The molecule has 0 saturated heterocycles. The van der Waals surface area contributed by atoms with E-state index in [1.165, 1.54) is 0 Å². The highest BCUT2D eigenvalue weighted by atomic mass is 79.9. The highest BCUT2D eigenvalue weighted by Gasteiger charge is 2.06. The molecule has 0 aliphatic heterocycles. The normalized spacial score (nSPS) is 11.0. The minimum atomic E-state index is 0.550. The van der Waals surface area contributed by atoms with E-state index in [1.807, 2.05) is 19.1 Å². The van der Waals surface area contributed by atoms with E-state index in [1.54, 1.807) is 0 Å². The van der Waals surface area contributed by atoms with Gasteiger partial charge in [-0.3, -0.25) is 0 Å². The van der Waals surface area contributed by atoms with Crippen LogP contribution in [0.1, 0.15) is 32.3 Å². The summed E-state index contributed by atoms with van der Waals surface area (Å²) in [6.07, 6.45) is 2.15. The molecule has 4 heteroatoms. The van der Waals surface area contributed by atoms with Gasteiger partial charge in [-0.05, 0) is 44.0 Å². The van der Waals surface area contributed by atoms with E-state index in [0.29, 0.717) is 17.7 Å². The predicted molar refractivity (Wildman–Crippen MR) is 81.8 cm³/mol. The standard InChI is InChI=1S/C14H21BrClNO/c1-10(2)17-6-4-5-7-18-14-11(3)8-12(15)9-13(14)16/h8-10,17H,4-7H2,1-3H3. The molecule has 0 atom stereocenters. The fourth-order valence-electron chi connectivity index (χ4n) is 1.66. The first kappa shape index (κ1) is 15.8. The molecule has 0 radical (unpaired) electrons. The summed E-state index contributed by atoms with van der Waals surface area (Å²) in [6, 6.07) is 4.43. The Bertz CT molecular complexity index is 359. The summed E-state index contributed by atoms with van der Waals surface area (Å²) in [6.45, 7) is 8.06. The molecule has 0 aromatic heterocycles. The van der Waals surface area contributed by atoms with Gasteiger partial charge in [0.15, 0.2) is 0 Å². The Labute approximate surface area is 123 Å². The summed E-state index contributed by atoms with van der Waals surface area (Å²) < 4.78 is 6.73. The summed E-state index contributed by atoms with van der Waals surface area (Å²) >= 11 is 9.56. The quantitative estimate of drug-likeness (QED) is 0.738. The molecule has 1 aromatic rings. The molecule has 2 nitrogen and oxygen atoms in total. The molecule has 0 spiro atoms. The summed E-state index contributed by atoms with van der Waals surface area (Å²) in [5.41, 5.74) is 1.06. The highest BCUT2D eigenvalue weighted by Crippen LogP contribution is 2.32. The second-order valence-corrected chi connectivity index (χ2v) is 6.02. The van der Waals surface area contributed by atoms with Crippen molar-refractivity contribution in [2.75, 3.05) is 13.2 Å². The zero-order valence-corrected chi connectivity index (χ0v) is 13.6. The maximum Gasteiger partial charge on any atom is 0.140 e. The van der Waals surface area contributed by atoms with Crippen molar-refractivity contribution >= 4 is 27.5 Å². The van der Waals surface area contributed by atoms with E-state index in [9.17, 15) is 0 Å². The first-order valence-electron chi connectivity index (χ1n) is 6.32. The summed E-state index contributed by atoms with van der Waals surface area (Å²) in [7, 11) is 0.